The van der Waals surface area contributed by atoms with E-state index in [-0.39, 0.29) is 12.5 Å². The lowest BCUT2D eigenvalue weighted by Crippen LogP contribution is -2.45. The molecule has 0 bridgehead atoms. The van der Waals surface area contributed by atoms with Crippen LogP contribution in [0.4, 0.5) is 0 Å². The zero-order valence-electron chi connectivity index (χ0n) is 28.8. The number of carbonyl (C=O) groups excluding carboxylic acids is 1. The zero-order chi connectivity index (χ0) is 32.9. The van der Waals surface area contributed by atoms with Crippen molar-refractivity contribution < 1.29 is 15.0 Å². The van der Waals surface area contributed by atoms with Gasteiger partial charge in [-0.25, -0.2) is 0 Å². The van der Waals surface area contributed by atoms with Crippen molar-refractivity contribution in [2.75, 3.05) is 6.61 Å². The number of carbonyl (C=O) groups is 1. The first-order valence-corrected chi connectivity index (χ1v) is 18.0. The fourth-order valence-electron chi connectivity index (χ4n) is 4.53. The molecule has 0 saturated heterocycles. The average Bonchev–Trinajstić information content (AvgIpc) is 3.04. The summed E-state index contributed by atoms with van der Waals surface area (Å²) in [5.74, 6) is -0.0991. The Balaban J connectivity index is 3.70. The molecule has 254 valence electrons. The molecule has 0 heterocycles. The third-order valence-electron chi connectivity index (χ3n) is 7.30. The number of amides is 1. The molecule has 0 radical (unpaired) electrons. The Morgan fingerprint density at radius 2 is 1.00 bits per heavy atom. The van der Waals surface area contributed by atoms with Gasteiger partial charge in [0.2, 0.25) is 5.91 Å². The molecular formula is C41H67NO3. The summed E-state index contributed by atoms with van der Waals surface area (Å²) >= 11 is 0. The zero-order valence-corrected chi connectivity index (χ0v) is 28.8. The van der Waals surface area contributed by atoms with Gasteiger partial charge in [-0.05, 0) is 77.0 Å². The first-order valence-electron chi connectivity index (χ1n) is 18.0. The summed E-state index contributed by atoms with van der Waals surface area (Å²) in [4.78, 5) is 12.3. The van der Waals surface area contributed by atoms with Gasteiger partial charge >= 0.3 is 0 Å². The highest BCUT2D eigenvalue weighted by Gasteiger charge is 2.17. The highest BCUT2D eigenvalue weighted by atomic mass is 16.3. The Hall–Kier alpha value is -2.69. The van der Waals surface area contributed by atoms with E-state index < -0.39 is 12.1 Å². The van der Waals surface area contributed by atoms with E-state index in [9.17, 15) is 15.0 Å². The fraction of sp³-hybridized carbons (Fsp3) is 0.585. The fourth-order valence-corrected chi connectivity index (χ4v) is 4.53. The number of rotatable bonds is 30. The van der Waals surface area contributed by atoms with Crippen LogP contribution >= 0.6 is 0 Å². The van der Waals surface area contributed by atoms with Crippen molar-refractivity contribution in [1.29, 1.82) is 0 Å². The minimum absolute atomic E-state index is 0.0991. The second-order valence-electron chi connectivity index (χ2n) is 11.5. The van der Waals surface area contributed by atoms with E-state index in [4.69, 9.17) is 0 Å². The number of aliphatic hydroxyl groups excluding tert-OH is 2. The van der Waals surface area contributed by atoms with Gasteiger partial charge in [-0.2, -0.15) is 0 Å². The van der Waals surface area contributed by atoms with Gasteiger partial charge < -0.3 is 15.5 Å². The standard InChI is InChI=1S/C41H67NO3/c1-3-5-7-9-11-13-14-15-16-17-18-19-20-21-22-23-24-25-26-27-28-29-31-33-35-37-41(45)42-39(38-43)40(44)36-34-32-30-12-10-8-6-4-2/h5,7,10-13,15-16,18-19,21-22,24-25,34,36,39-40,43-44H,3-4,6,8-9,14,17,20,23,26-33,35,37-38H2,1-2H3,(H,42,45)/b7-5-,12-10+,13-11-,16-15-,19-18-,22-21-,25-24-,36-34+. The number of unbranched alkanes of at least 4 members (excludes halogenated alkanes) is 9. The largest absolute Gasteiger partial charge is 0.394 e. The maximum Gasteiger partial charge on any atom is 0.220 e. The van der Waals surface area contributed by atoms with E-state index in [1.807, 2.05) is 6.08 Å². The smallest absolute Gasteiger partial charge is 0.220 e. The molecular weight excluding hydrogens is 554 g/mol. The topological polar surface area (TPSA) is 69.6 Å². The Morgan fingerprint density at radius 3 is 1.56 bits per heavy atom. The number of aliphatic hydroxyl groups is 2. The second-order valence-corrected chi connectivity index (χ2v) is 11.5. The monoisotopic (exact) mass is 622 g/mol. The van der Waals surface area contributed by atoms with E-state index >= 15 is 0 Å². The molecule has 4 heteroatoms. The molecule has 4 nitrogen and oxygen atoms in total. The molecule has 0 saturated carbocycles. The van der Waals surface area contributed by atoms with Crippen molar-refractivity contribution in [3.05, 3.63) is 97.2 Å². The summed E-state index contributed by atoms with van der Waals surface area (Å²) in [7, 11) is 0. The lowest BCUT2D eigenvalue weighted by atomic mass is 10.1. The highest BCUT2D eigenvalue weighted by Crippen LogP contribution is 2.10. The predicted octanol–water partition coefficient (Wildman–Crippen LogP) is 10.7. The second kappa shape index (κ2) is 35.8. The molecule has 45 heavy (non-hydrogen) atoms. The van der Waals surface area contributed by atoms with Crippen molar-refractivity contribution in [1.82, 2.24) is 5.32 Å². The van der Waals surface area contributed by atoms with Gasteiger partial charge in [0.05, 0.1) is 18.8 Å². The summed E-state index contributed by atoms with van der Waals surface area (Å²) in [6.45, 7) is 4.07. The Bertz CT molecular complexity index is 890. The normalized spacial score (nSPS) is 14.3. The van der Waals surface area contributed by atoms with Crippen molar-refractivity contribution in [3.8, 4) is 0 Å². The van der Waals surface area contributed by atoms with Gasteiger partial charge in [0, 0.05) is 6.42 Å². The number of hydrogen-bond donors (Lipinski definition) is 3. The van der Waals surface area contributed by atoms with E-state index in [2.05, 4.69) is 104 Å². The van der Waals surface area contributed by atoms with Gasteiger partial charge in [0.1, 0.15) is 0 Å². The summed E-state index contributed by atoms with van der Waals surface area (Å²) in [5, 5.41) is 22.7. The molecule has 0 aromatic carbocycles. The van der Waals surface area contributed by atoms with Crippen LogP contribution < -0.4 is 5.32 Å². The third kappa shape index (κ3) is 32.5. The SMILES string of the molecule is CC/C=C\C/C=C\C/C=C\C/C=C\C/C=C\C/C=C\CCCCCCCCC(=O)NC(CO)C(O)/C=C/CC/C=C/CCCC. The maximum absolute atomic E-state index is 12.3. The third-order valence-corrected chi connectivity index (χ3v) is 7.30. The van der Waals surface area contributed by atoms with Crippen LogP contribution in [0.15, 0.2) is 97.2 Å². The van der Waals surface area contributed by atoms with Gasteiger partial charge in [-0.15, -0.1) is 0 Å². The average molecular weight is 622 g/mol. The van der Waals surface area contributed by atoms with Crippen LogP contribution in [0.2, 0.25) is 0 Å². The molecule has 2 atom stereocenters. The lowest BCUT2D eigenvalue weighted by molar-refractivity contribution is -0.123. The van der Waals surface area contributed by atoms with Gasteiger partial charge in [-0.1, -0.05) is 150 Å². The van der Waals surface area contributed by atoms with Gasteiger partial charge in [0.25, 0.3) is 0 Å². The van der Waals surface area contributed by atoms with Crippen molar-refractivity contribution >= 4 is 5.91 Å². The minimum atomic E-state index is -0.871. The van der Waals surface area contributed by atoms with E-state index in [1.165, 1.54) is 32.1 Å². The Labute approximate surface area is 277 Å². The molecule has 0 rings (SSSR count). The van der Waals surface area contributed by atoms with E-state index in [0.29, 0.717) is 6.42 Å². The molecule has 2 unspecified atom stereocenters. The molecule has 3 N–H and O–H groups in total. The summed E-state index contributed by atoms with van der Waals surface area (Å²) in [6.07, 6.45) is 53.6. The van der Waals surface area contributed by atoms with E-state index in [1.54, 1.807) is 6.08 Å². The molecule has 0 aliphatic rings. The summed E-state index contributed by atoms with van der Waals surface area (Å²) in [6, 6.07) is -0.650. The molecule has 0 fully saturated rings. The molecule has 0 aliphatic heterocycles. The first-order chi connectivity index (χ1) is 22.2. The van der Waals surface area contributed by atoms with Crippen molar-refractivity contribution in [2.45, 2.75) is 148 Å². The van der Waals surface area contributed by atoms with Gasteiger partial charge in [-0.3, -0.25) is 4.79 Å². The molecule has 1 amide bonds. The molecule has 0 spiro atoms. The van der Waals surface area contributed by atoms with Crippen LogP contribution in [0.5, 0.6) is 0 Å². The Kier molecular flexibility index (Phi) is 33.6. The van der Waals surface area contributed by atoms with Crippen LogP contribution in [0.25, 0.3) is 0 Å². The quantitative estimate of drug-likeness (QED) is 0.0552. The van der Waals surface area contributed by atoms with Crippen LogP contribution in [0.1, 0.15) is 136 Å². The van der Waals surface area contributed by atoms with Crippen LogP contribution in [-0.4, -0.2) is 34.9 Å². The first kappa shape index (κ1) is 42.3. The number of hydrogen-bond acceptors (Lipinski definition) is 3. The highest BCUT2D eigenvalue weighted by molar-refractivity contribution is 5.76. The van der Waals surface area contributed by atoms with Crippen LogP contribution in [0, 0.1) is 0 Å². The molecule has 0 aromatic rings. The Morgan fingerprint density at radius 1 is 0.556 bits per heavy atom. The maximum atomic E-state index is 12.3. The van der Waals surface area contributed by atoms with Crippen molar-refractivity contribution in [3.63, 3.8) is 0 Å². The van der Waals surface area contributed by atoms with E-state index in [0.717, 1.165) is 83.5 Å². The van der Waals surface area contributed by atoms with Crippen molar-refractivity contribution in [2.24, 2.45) is 0 Å². The molecule has 0 aromatic heterocycles. The predicted molar refractivity (Wildman–Crippen MR) is 197 cm³/mol. The van der Waals surface area contributed by atoms with Crippen LogP contribution in [-0.2, 0) is 4.79 Å². The number of allylic oxidation sites excluding steroid dienone is 15. The van der Waals surface area contributed by atoms with Gasteiger partial charge in [0.15, 0.2) is 0 Å². The van der Waals surface area contributed by atoms with Crippen LogP contribution in [0.3, 0.4) is 0 Å². The minimum Gasteiger partial charge on any atom is -0.394 e. The lowest BCUT2D eigenvalue weighted by Gasteiger charge is -2.19. The number of nitrogens with one attached hydrogen (secondary N) is 1. The summed E-state index contributed by atoms with van der Waals surface area (Å²) in [5.41, 5.74) is 0. The molecule has 0 aliphatic carbocycles. The summed E-state index contributed by atoms with van der Waals surface area (Å²) < 4.78 is 0.